The van der Waals surface area contributed by atoms with Gasteiger partial charge in [0.1, 0.15) is 36.2 Å². The van der Waals surface area contributed by atoms with Crippen molar-refractivity contribution in [1.82, 2.24) is 30.4 Å². The molecule has 2 unspecified atom stereocenters. The lowest BCUT2D eigenvalue weighted by Crippen LogP contribution is -2.42. The Morgan fingerprint density at radius 3 is 1.21 bits per heavy atom. The van der Waals surface area contributed by atoms with E-state index in [1.165, 1.54) is 0 Å². The molecule has 2 aromatic heterocycles. The fraction of sp³-hybridized carbons (Fsp3) is 0.333. The summed E-state index contributed by atoms with van der Waals surface area (Å²) in [6.45, 7) is 6.39. The monoisotopic (exact) mass is 958 g/mol. The average molecular weight is 960 g/mol. The number of ether oxygens (including phenoxy) is 4. The van der Waals surface area contributed by atoms with E-state index < -0.39 is 0 Å². The van der Waals surface area contributed by atoms with Crippen LogP contribution in [0.15, 0.2) is 146 Å². The lowest BCUT2D eigenvalue weighted by Gasteiger charge is -2.32. The zero-order valence-corrected chi connectivity index (χ0v) is 40.2. The number of amides is 2. The molecule has 8 rings (SSSR count). The van der Waals surface area contributed by atoms with Crippen LogP contribution in [-0.2, 0) is 9.59 Å². The number of hydrogen-bond donors (Lipinski definition) is 2. The number of aromatic nitrogens is 2. The summed E-state index contributed by atoms with van der Waals surface area (Å²) < 4.78 is 22.0. The maximum absolute atomic E-state index is 13.2. The van der Waals surface area contributed by atoms with Crippen molar-refractivity contribution < 1.29 is 28.5 Å². The Kier molecular flexibility index (Phi) is 18.9. The highest BCUT2D eigenvalue weighted by molar-refractivity contribution is 6.30. The Morgan fingerprint density at radius 1 is 0.529 bits per heavy atom. The van der Waals surface area contributed by atoms with Crippen molar-refractivity contribution in [3.8, 4) is 23.0 Å². The zero-order valence-electron chi connectivity index (χ0n) is 38.6. The number of rotatable bonds is 18. The van der Waals surface area contributed by atoms with E-state index in [0.29, 0.717) is 23.3 Å². The molecule has 12 nitrogen and oxygen atoms in total. The quantitative estimate of drug-likeness (QED) is 0.0861. The van der Waals surface area contributed by atoms with Gasteiger partial charge >= 0.3 is 0 Å². The second-order valence-electron chi connectivity index (χ2n) is 16.8. The van der Waals surface area contributed by atoms with E-state index in [-0.39, 0.29) is 35.7 Å². The fourth-order valence-electron chi connectivity index (χ4n) is 8.35. The molecule has 0 bridgehead atoms. The summed E-state index contributed by atoms with van der Waals surface area (Å²) in [6.07, 6.45) is 6.79. The van der Waals surface area contributed by atoms with E-state index in [9.17, 15) is 9.59 Å². The van der Waals surface area contributed by atoms with Gasteiger partial charge in [0, 0.05) is 47.4 Å². The number of hydrogen-bond acceptors (Lipinski definition) is 10. The first kappa shape index (κ1) is 49.7. The third-order valence-electron chi connectivity index (χ3n) is 12.3. The van der Waals surface area contributed by atoms with Crippen LogP contribution in [0.25, 0.3) is 0 Å². The van der Waals surface area contributed by atoms with Crippen molar-refractivity contribution in [3.05, 3.63) is 178 Å². The standard InChI is InChI=1S/2C27H30ClN3O3/c2*1-33-23-9-11-24(12-10-23)34-19-18-31-16-13-21(14-17-31)27(32)30-26(25-4-2-3-15-29-25)20-5-7-22(28)8-6-20/h2*2-12,15,21,26H,13-14,16-19H2,1H3,(H,30,32). The van der Waals surface area contributed by atoms with Crippen molar-refractivity contribution in [1.29, 1.82) is 0 Å². The lowest BCUT2D eigenvalue weighted by atomic mass is 9.94. The van der Waals surface area contributed by atoms with Crippen LogP contribution in [0.2, 0.25) is 10.0 Å². The van der Waals surface area contributed by atoms with Crippen molar-refractivity contribution in [2.24, 2.45) is 11.8 Å². The van der Waals surface area contributed by atoms with Gasteiger partial charge in [0.05, 0.1) is 37.7 Å². The first-order valence-electron chi connectivity index (χ1n) is 23.2. The van der Waals surface area contributed by atoms with Crippen molar-refractivity contribution in [3.63, 3.8) is 0 Å². The molecule has 4 aromatic carbocycles. The van der Waals surface area contributed by atoms with Crippen LogP contribution in [0.1, 0.15) is 60.3 Å². The van der Waals surface area contributed by atoms with Gasteiger partial charge in [0.15, 0.2) is 0 Å². The third-order valence-corrected chi connectivity index (χ3v) is 12.8. The number of methoxy groups -OCH3 is 2. The van der Waals surface area contributed by atoms with Gasteiger partial charge in [0.2, 0.25) is 11.8 Å². The summed E-state index contributed by atoms with van der Waals surface area (Å²) in [5.41, 5.74) is 3.55. The predicted octanol–water partition coefficient (Wildman–Crippen LogP) is 9.48. The minimum absolute atomic E-state index is 0.0164. The molecular weight excluding hydrogens is 900 g/mol. The van der Waals surface area contributed by atoms with Crippen molar-refractivity contribution >= 4 is 35.0 Å². The molecule has 2 saturated heterocycles. The molecule has 2 aliphatic rings. The van der Waals surface area contributed by atoms with Gasteiger partial charge in [-0.3, -0.25) is 29.4 Å². The molecule has 0 aliphatic carbocycles. The number of likely N-dealkylation sites (tertiary alicyclic amines) is 2. The molecule has 6 aromatic rings. The van der Waals surface area contributed by atoms with Gasteiger partial charge in [-0.2, -0.15) is 0 Å². The van der Waals surface area contributed by atoms with E-state index in [1.807, 2.05) is 133 Å². The molecule has 356 valence electrons. The summed E-state index contributed by atoms with van der Waals surface area (Å²) in [4.78, 5) is 40.0. The lowest BCUT2D eigenvalue weighted by molar-refractivity contribution is -0.127. The van der Waals surface area contributed by atoms with Crippen molar-refractivity contribution in [2.45, 2.75) is 37.8 Å². The first-order chi connectivity index (χ1) is 33.2. The SMILES string of the molecule is COc1ccc(OCCN2CCC(C(=O)NC(c3ccc(Cl)cc3)c3ccccn3)CC2)cc1.COc1ccc(OCCN2CCC(C(=O)NC(c3ccc(Cl)cc3)c3ccccn3)CC2)cc1. The molecule has 0 radical (unpaired) electrons. The van der Waals surface area contributed by atoms with Crippen LogP contribution in [-0.4, -0.2) is 98.3 Å². The van der Waals surface area contributed by atoms with Crippen LogP contribution in [0, 0.1) is 11.8 Å². The highest BCUT2D eigenvalue weighted by Gasteiger charge is 2.29. The van der Waals surface area contributed by atoms with E-state index in [4.69, 9.17) is 42.1 Å². The Balaban J connectivity index is 0.000000201. The Hall–Kier alpha value is -6.18. The molecule has 0 saturated carbocycles. The van der Waals surface area contributed by atoms with Gasteiger partial charge < -0.3 is 29.6 Å². The molecule has 2 aliphatic heterocycles. The van der Waals surface area contributed by atoms with Gasteiger partial charge in [-0.25, -0.2) is 0 Å². The topological polar surface area (TPSA) is 127 Å². The number of carbonyl (C=O) groups is 2. The smallest absolute Gasteiger partial charge is 0.224 e. The van der Waals surface area contributed by atoms with E-state index in [2.05, 4.69) is 30.4 Å². The maximum Gasteiger partial charge on any atom is 0.224 e. The molecule has 2 N–H and O–H groups in total. The van der Waals surface area contributed by atoms with Crippen LogP contribution >= 0.6 is 23.2 Å². The molecule has 2 amide bonds. The zero-order chi connectivity index (χ0) is 47.5. The second kappa shape index (κ2) is 25.8. The van der Waals surface area contributed by atoms with Gasteiger partial charge in [-0.05, 0) is 160 Å². The number of pyridine rings is 2. The van der Waals surface area contributed by atoms with Crippen LogP contribution in [0.3, 0.4) is 0 Å². The molecule has 14 heteroatoms. The number of nitrogens with zero attached hydrogens (tertiary/aromatic N) is 4. The molecular formula is C54H60Cl2N6O6. The van der Waals surface area contributed by atoms with Gasteiger partial charge in [-0.1, -0.05) is 59.6 Å². The number of nitrogens with one attached hydrogen (secondary N) is 2. The molecule has 0 spiro atoms. The fourth-order valence-corrected chi connectivity index (χ4v) is 8.60. The van der Waals surface area contributed by atoms with Crippen LogP contribution in [0.5, 0.6) is 23.0 Å². The number of halogens is 2. The number of carbonyl (C=O) groups excluding carboxylic acids is 2. The maximum atomic E-state index is 13.2. The van der Waals surface area contributed by atoms with Crippen LogP contribution in [0.4, 0.5) is 0 Å². The van der Waals surface area contributed by atoms with Crippen molar-refractivity contribution in [2.75, 3.05) is 66.7 Å². The van der Waals surface area contributed by atoms with Gasteiger partial charge in [-0.15, -0.1) is 0 Å². The highest BCUT2D eigenvalue weighted by Crippen LogP contribution is 2.27. The summed E-state index contributed by atoms with van der Waals surface area (Å²) >= 11 is 12.1. The Morgan fingerprint density at radius 2 is 0.882 bits per heavy atom. The summed E-state index contributed by atoms with van der Waals surface area (Å²) in [5, 5.41) is 7.79. The minimum atomic E-state index is -0.304. The molecule has 68 heavy (non-hydrogen) atoms. The average Bonchev–Trinajstić information content (AvgIpc) is 3.39. The summed E-state index contributed by atoms with van der Waals surface area (Å²) in [5.74, 6) is 3.40. The number of benzene rings is 4. The Labute approximate surface area is 409 Å². The minimum Gasteiger partial charge on any atom is -0.497 e. The first-order valence-corrected chi connectivity index (χ1v) is 23.9. The Bertz CT molecular complexity index is 2250. The summed E-state index contributed by atoms with van der Waals surface area (Å²) in [6, 6.07) is 41.2. The van der Waals surface area contributed by atoms with Gasteiger partial charge in [0.25, 0.3) is 0 Å². The second-order valence-corrected chi connectivity index (χ2v) is 17.6. The normalized spacial score (nSPS) is 15.5. The van der Waals surface area contributed by atoms with E-state index in [1.54, 1.807) is 26.6 Å². The largest absolute Gasteiger partial charge is 0.497 e. The molecule has 4 heterocycles. The number of piperidine rings is 2. The van der Waals surface area contributed by atoms with E-state index in [0.717, 1.165) is 110 Å². The third kappa shape index (κ3) is 14.9. The predicted molar refractivity (Wildman–Crippen MR) is 267 cm³/mol. The molecule has 2 fully saturated rings. The van der Waals surface area contributed by atoms with Crippen LogP contribution < -0.4 is 29.6 Å². The highest BCUT2D eigenvalue weighted by atomic mass is 35.5. The molecule has 2 atom stereocenters. The van der Waals surface area contributed by atoms with E-state index >= 15 is 0 Å². The summed E-state index contributed by atoms with van der Waals surface area (Å²) in [7, 11) is 3.30.